The van der Waals surface area contributed by atoms with Gasteiger partial charge in [-0.3, -0.25) is 19.0 Å². The highest BCUT2D eigenvalue weighted by molar-refractivity contribution is 7.09. The Labute approximate surface area is 198 Å². The van der Waals surface area contributed by atoms with Crippen LogP contribution in [0.15, 0.2) is 51.4 Å². The molecule has 3 aromatic heterocycles. The molecule has 11 heteroatoms. The summed E-state index contributed by atoms with van der Waals surface area (Å²) in [6.45, 7) is 4.00. The van der Waals surface area contributed by atoms with E-state index in [-0.39, 0.29) is 48.7 Å². The van der Waals surface area contributed by atoms with E-state index in [4.69, 9.17) is 0 Å². The summed E-state index contributed by atoms with van der Waals surface area (Å²) in [6.07, 6.45) is 0.848. The first kappa shape index (κ1) is 23.4. The Kier molecular flexibility index (Phi) is 6.92. The van der Waals surface area contributed by atoms with Gasteiger partial charge in [-0.25, -0.2) is 13.9 Å². The Morgan fingerprint density at radius 1 is 1.12 bits per heavy atom. The Balaban J connectivity index is 1.68. The summed E-state index contributed by atoms with van der Waals surface area (Å²) in [4.78, 5) is 52.2. The second-order valence-corrected chi connectivity index (χ2v) is 9.06. The molecule has 0 fully saturated rings. The maximum absolute atomic E-state index is 13.2. The molecule has 2 amide bonds. The summed E-state index contributed by atoms with van der Waals surface area (Å²) in [6, 6.07) is 10.6. The van der Waals surface area contributed by atoms with Gasteiger partial charge < -0.3 is 10.6 Å². The van der Waals surface area contributed by atoms with Crippen molar-refractivity contribution in [1.29, 1.82) is 0 Å². The maximum atomic E-state index is 13.2. The number of rotatable bonds is 9. The molecule has 1 aromatic carbocycles. The van der Waals surface area contributed by atoms with Crippen molar-refractivity contribution in [1.82, 2.24) is 29.4 Å². The van der Waals surface area contributed by atoms with Crippen LogP contribution in [0, 0.1) is 0 Å². The highest BCUT2D eigenvalue weighted by Crippen LogP contribution is 2.11. The zero-order valence-electron chi connectivity index (χ0n) is 19.0. The van der Waals surface area contributed by atoms with Gasteiger partial charge in [0.15, 0.2) is 0 Å². The van der Waals surface area contributed by atoms with Crippen LogP contribution in [0.25, 0.3) is 16.7 Å². The molecule has 3 heterocycles. The fraction of sp³-hybridized carbons (Fsp3) is 0.348. The number of aromatic nitrogens is 4. The molecule has 2 N–H and O–H groups in total. The lowest BCUT2D eigenvalue weighted by Gasteiger charge is -2.12. The number of aryl methyl sites for hydroxylation is 1. The molecule has 1 atom stereocenters. The molecule has 0 aliphatic heterocycles. The molecular formula is C23H26N6O4S. The van der Waals surface area contributed by atoms with E-state index in [0.29, 0.717) is 17.4 Å². The normalized spacial score (nSPS) is 12.2. The summed E-state index contributed by atoms with van der Waals surface area (Å²) in [7, 11) is 0. The molecule has 0 aliphatic rings. The molecule has 0 saturated carbocycles. The number of para-hydroxylation sites is 1. The van der Waals surface area contributed by atoms with E-state index >= 15 is 0 Å². The number of amides is 2. The highest BCUT2D eigenvalue weighted by Gasteiger charge is 2.19. The Morgan fingerprint density at radius 2 is 1.91 bits per heavy atom. The summed E-state index contributed by atoms with van der Waals surface area (Å²) in [5.41, 5.74) is -0.480. The van der Waals surface area contributed by atoms with Crippen LogP contribution in [0.2, 0.25) is 0 Å². The number of fused-ring (bicyclic) bond motifs is 3. The number of carbonyl (C=O) groups excluding carboxylic acids is 2. The minimum Gasteiger partial charge on any atom is -0.354 e. The van der Waals surface area contributed by atoms with E-state index in [9.17, 15) is 19.2 Å². The Bertz CT molecular complexity index is 1450. The molecule has 0 aliphatic carbocycles. The number of carbonyl (C=O) groups is 2. The third-order valence-electron chi connectivity index (χ3n) is 5.60. The van der Waals surface area contributed by atoms with E-state index < -0.39 is 5.69 Å². The van der Waals surface area contributed by atoms with Crippen molar-refractivity contribution in [3.05, 3.63) is 67.5 Å². The largest absolute Gasteiger partial charge is 0.354 e. The zero-order chi connectivity index (χ0) is 24.2. The molecule has 0 saturated heterocycles. The fourth-order valence-corrected chi connectivity index (χ4v) is 4.27. The predicted octanol–water partition coefficient (Wildman–Crippen LogP) is 1.49. The van der Waals surface area contributed by atoms with Gasteiger partial charge in [-0.15, -0.1) is 16.4 Å². The number of nitrogens with one attached hydrogen (secondary N) is 2. The molecule has 10 nitrogen and oxygen atoms in total. The van der Waals surface area contributed by atoms with Gasteiger partial charge in [0.25, 0.3) is 5.56 Å². The van der Waals surface area contributed by atoms with Crippen molar-refractivity contribution < 1.29 is 9.59 Å². The lowest BCUT2D eigenvalue weighted by atomic mass is 10.2. The van der Waals surface area contributed by atoms with Crippen molar-refractivity contribution in [3.63, 3.8) is 0 Å². The first-order chi connectivity index (χ1) is 16.4. The second-order valence-electron chi connectivity index (χ2n) is 8.03. The van der Waals surface area contributed by atoms with Gasteiger partial charge in [0.2, 0.25) is 17.6 Å². The smallest absolute Gasteiger partial charge is 0.352 e. The summed E-state index contributed by atoms with van der Waals surface area (Å²) >= 11 is 1.52. The van der Waals surface area contributed by atoms with Crippen LogP contribution in [-0.2, 0) is 29.2 Å². The lowest BCUT2D eigenvalue weighted by molar-refractivity contribution is -0.122. The highest BCUT2D eigenvalue weighted by atomic mass is 32.1. The molecule has 0 bridgehead atoms. The minimum absolute atomic E-state index is 0.0235. The van der Waals surface area contributed by atoms with E-state index in [1.165, 1.54) is 20.3 Å². The average Bonchev–Trinajstić information content (AvgIpc) is 3.46. The molecule has 4 rings (SSSR count). The summed E-state index contributed by atoms with van der Waals surface area (Å²) < 4.78 is 3.68. The van der Waals surface area contributed by atoms with Crippen LogP contribution in [-0.4, -0.2) is 36.6 Å². The molecule has 178 valence electrons. The minimum atomic E-state index is -0.532. The molecule has 0 radical (unpaired) electrons. The maximum Gasteiger partial charge on any atom is 0.352 e. The number of hydrogen-bond acceptors (Lipinski definition) is 6. The third-order valence-corrected chi connectivity index (χ3v) is 6.48. The number of hydrogen-bond donors (Lipinski definition) is 2. The van der Waals surface area contributed by atoms with Crippen LogP contribution in [0.4, 0.5) is 0 Å². The summed E-state index contributed by atoms with van der Waals surface area (Å²) in [5, 5.41) is 12.2. The van der Waals surface area contributed by atoms with Gasteiger partial charge in [0.05, 0.1) is 17.4 Å². The quantitative estimate of drug-likeness (QED) is 0.375. The van der Waals surface area contributed by atoms with Crippen molar-refractivity contribution in [2.75, 3.05) is 0 Å². The third kappa shape index (κ3) is 4.79. The Morgan fingerprint density at radius 3 is 2.65 bits per heavy atom. The number of nitrogens with zero attached hydrogens (tertiary/aromatic N) is 4. The second kappa shape index (κ2) is 10.0. The number of benzene rings is 1. The van der Waals surface area contributed by atoms with Crippen LogP contribution in [0.3, 0.4) is 0 Å². The van der Waals surface area contributed by atoms with E-state index in [2.05, 4.69) is 15.7 Å². The predicted molar refractivity (Wildman–Crippen MR) is 130 cm³/mol. The van der Waals surface area contributed by atoms with Gasteiger partial charge in [-0.05, 0) is 36.9 Å². The van der Waals surface area contributed by atoms with E-state index in [1.807, 2.05) is 31.4 Å². The Hall–Kier alpha value is -3.73. The van der Waals surface area contributed by atoms with Gasteiger partial charge >= 0.3 is 5.69 Å². The lowest BCUT2D eigenvalue weighted by Crippen LogP contribution is -2.34. The summed E-state index contributed by atoms with van der Waals surface area (Å²) in [5.74, 6) is -0.469. The SMILES string of the molecule is CC[C@H](C)NC(=O)CCn1c(=O)c2ccccc2n2c(=O)n(CC(=O)NCc3cccs3)nc12. The van der Waals surface area contributed by atoms with Crippen LogP contribution >= 0.6 is 11.3 Å². The van der Waals surface area contributed by atoms with E-state index in [0.717, 1.165) is 16.0 Å². The number of thiophene rings is 1. The molecule has 0 spiro atoms. The first-order valence-corrected chi connectivity index (χ1v) is 12.0. The van der Waals surface area contributed by atoms with Gasteiger partial charge in [0, 0.05) is 23.9 Å². The molecule has 0 unspecified atom stereocenters. The topological polar surface area (TPSA) is 120 Å². The van der Waals surface area contributed by atoms with Crippen molar-refractivity contribution in [3.8, 4) is 0 Å². The van der Waals surface area contributed by atoms with Gasteiger partial charge in [0.1, 0.15) is 6.54 Å². The molecule has 34 heavy (non-hydrogen) atoms. The van der Waals surface area contributed by atoms with Crippen LogP contribution in [0.1, 0.15) is 31.6 Å². The van der Waals surface area contributed by atoms with Gasteiger partial charge in [-0.2, -0.15) is 0 Å². The fourth-order valence-electron chi connectivity index (χ4n) is 3.63. The van der Waals surface area contributed by atoms with Crippen LogP contribution in [0.5, 0.6) is 0 Å². The standard InChI is InChI=1S/C23H26N6O4S/c1-3-15(2)25-19(30)10-11-27-21(32)17-8-4-5-9-18(17)29-22(27)26-28(23(29)33)14-20(31)24-13-16-7-6-12-34-16/h4-9,12,15H,3,10-11,13-14H2,1-2H3,(H,24,31)(H,25,30)/t15-/m0/s1. The van der Waals surface area contributed by atoms with Crippen molar-refractivity contribution >= 4 is 39.8 Å². The zero-order valence-corrected chi connectivity index (χ0v) is 19.8. The van der Waals surface area contributed by atoms with Crippen molar-refractivity contribution in [2.24, 2.45) is 0 Å². The van der Waals surface area contributed by atoms with Crippen LogP contribution < -0.4 is 21.9 Å². The average molecular weight is 483 g/mol. The van der Waals surface area contributed by atoms with Crippen molar-refractivity contribution in [2.45, 2.75) is 52.4 Å². The molecule has 4 aromatic rings. The van der Waals surface area contributed by atoms with E-state index in [1.54, 1.807) is 24.3 Å². The first-order valence-electron chi connectivity index (χ1n) is 11.1. The monoisotopic (exact) mass is 482 g/mol. The molecular weight excluding hydrogens is 456 g/mol. The van der Waals surface area contributed by atoms with Gasteiger partial charge in [-0.1, -0.05) is 25.1 Å².